The lowest BCUT2D eigenvalue weighted by atomic mass is 10.1. The smallest absolute Gasteiger partial charge is 0.262 e. The number of hydrogen-bond donors (Lipinski definition) is 2. The molecular formula is C16H20N2O3. The fourth-order valence-corrected chi connectivity index (χ4v) is 2.28. The zero-order valence-corrected chi connectivity index (χ0v) is 12.5. The van der Waals surface area contributed by atoms with Crippen molar-refractivity contribution in [2.45, 2.75) is 33.3 Å². The second kappa shape index (κ2) is 6.54. The van der Waals surface area contributed by atoms with Crippen molar-refractivity contribution in [2.75, 3.05) is 6.61 Å². The first-order valence-electron chi connectivity index (χ1n) is 7.08. The maximum Gasteiger partial charge on any atom is 0.262 e. The number of nitrogens with zero attached hydrogens (tertiary/aromatic N) is 1. The fourth-order valence-electron chi connectivity index (χ4n) is 2.28. The van der Waals surface area contributed by atoms with Crippen molar-refractivity contribution >= 4 is 0 Å². The van der Waals surface area contributed by atoms with Gasteiger partial charge in [0.05, 0.1) is 0 Å². The Morgan fingerprint density at radius 3 is 2.71 bits per heavy atom. The zero-order valence-electron chi connectivity index (χ0n) is 12.5. The Morgan fingerprint density at radius 2 is 2.14 bits per heavy atom. The van der Waals surface area contributed by atoms with Crippen molar-refractivity contribution in [1.82, 2.24) is 9.97 Å². The molecule has 0 spiro atoms. The Balaban J connectivity index is 2.49. The third-order valence-electron chi connectivity index (χ3n) is 3.27. The van der Waals surface area contributed by atoms with Crippen molar-refractivity contribution in [3.05, 3.63) is 46.0 Å². The van der Waals surface area contributed by atoms with Crippen LogP contribution in [0.3, 0.4) is 0 Å². The number of aryl methyl sites for hydroxylation is 1. The molecule has 0 aliphatic rings. The van der Waals surface area contributed by atoms with Crippen molar-refractivity contribution in [2.24, 2.45) is 0 Å². The van der Waals surface area contributed by atoms with Crippen molar-refractivity contribution in [3.63, 3.8) is 0 Å². The van der Waals surface area contributed by atoms with E-state index >= 15 is 0 Å². The van der Waals surface area contributed by atoms with Gasteiger partial charge in [-0.15, -0.1) is 0 Å². The van der Waals surface area contributed by atoms with Crippen LogP contribution in [0, 0.1) is 6.92 Å². The molecule has 21 heavy (non-hydrogen) atoms. The molecule has 1 unspecified atom stereocenters. The van der Waals surface area contributed by atoms with E-state index in [1.54, 1.807) is 6.07 Å². The molecule has 1 heterocycles. The van der Waals surface area contributed by atoms with Crippen molar-refractivity contribution in [1.29, 1.82) is 0 Å². The van der Waals surface area contributed by atoms with Gasteiger partial charge in [0.2, 0.25) is 5.88 Å². The lowest BCUT2D eigenvalue weighted by Gasteiger charge is -2.15. The number of nitrogens with one attached hydrogen (secondary N) is 1. The standard InChI is InChI=1S/C16H20N2O3/c1-4-12(21-5-2)14-17-15(19)13(16(20)18-14)11-8-6-7-10(3)9-11/h6-9,12H,4-5H2,1-3H3,(H2,17,18,19,20). The summed E-state index contributed by atoms with van der Waals surface area (Å²) in [6.45, 7) is 6.26. The minimum atomic E-state index is -0.360. The van der Waals surface area contributed by atoms with Gasteiger partial charge in [-0.05, 0) is 25.8 Å². The summed E-state index contributed by atoms with van der Waals surface area (Å²) in [4.78, 5) is 19.1. The molecule has 0 saturated heterocycles. The summed E-state index contributed by atoms with van der Waals surface area (Å²) < 4.78 is 5.51. The van der Waals surface area contributed by atoms with Gasteiger partial charge in [0.1, 0.15) is 17.5 Å². The van der Waals surface area contributed by atoms with E-state index in [2.05, 4.69) is 9.97 Å². The number of aromatic amines is 1. The molecule has 2 aromatic rings. The highest BCUT2D eigenvalue weighted by molar-refractivity contribution is 5.67. The van der Waals surface area contributed by atoms with Crippen LogP contribution in [0.1, 0.15) is 37.8 Å². The summed E-state index contributed by atoms with van der Waals surface area (Å²) >= 11 is 0. The second-order valence-electron chi connectivity index (χ2n) is 4.87. The van der Waals surface area contributed by atoms with Crippen LogP contribution < -0.4 is 5.56 Å². The van der Waals surface area contributed by atoms with Crippen LogP contribution in [0.25, 0.3) is 11.1 Å². The minimum Gasteiger partial charge on any atom is -0.493 e. The first kappa shape index (κ1) is 15.3. The summed E-state index contributed by atoms with van der Waals surface area (Å²) in [6, 6.07) is 7.38. The molecule has 0 radical (unpaired) electrons. The van der Waals surface area contributed by atoms with Crippen molar-refractivity contribution in [3.8, 4) is 17.0 Å². The summed E-state index contributed by atoms with van der Waals surface area (Å²) in [5, 5.41) is 10.1. The van der Waals surface area contributed by atoms with Crippen LogP contribution in [0.5, 0.6) is 5.88 Å². The van der Waals surface area contributed by atoms with Gasteiger partial charge in [-0.2, -0.15) is 4.98 Å². The summed E-state index contributed by atoms with van der Waals surface area (Å²) in [5.41, 5.74) is 1.49. The highest BCUT2D eigenvalue weighted by Gasteiger charge is 2.18. The molecule has 2 N–H and O–H groups in total. The van der Waals surface area contributed by atoms with Gasteiger partial charge in [0.25, 0.3) is 5.56 Å². The minimum absolute atomic E-state index is 0.189. The average molecular weight is 288 g/mol. The molecule has 1 atom stereocenters. The number of aromatic nitrogens is 2. The number of rotatable bonds is 5. The molecule has 5 nitrogen and oxygen atoms in total. The van der Waals surface area contributed by atoms with Gasteiger partial charge < -0.3 is 14.8 Å². The van der Waals surface area contributed by atoms with Crippen LogP contribution in [-0.2, 0) is 4.74 Å². The summed E-state index contributed by atoms with van der Waals surface area (Å²) in [6.07, 6.45) is 0.347. The number of ether oxygens (including phenoxy) is 1. The van der Waals surface area contributed by atoms with Crippen LogP contribution in [0.15, 0.2) is 29.1 Å². The van der Waals surface area contributed by atoms with Gasteiger partial charge in [-0.1, -0.05) is 36.8 Å². The number of H-pyrrole nitrogens is 1. The largest absolute Gasteiger partial charge is 0.493 e. The first-order valence-corrected chi connectivity index (χ1v) is 7.08. The highest BCUT2D eigenvalue weighted by atomic mass is 16.5. The molecule has 5 heteroatoms. The SMILES string of the molecule is CCOC(CC)c1nc(O)c(-c2cccc(C)c2)c(=O)[nH]1. The Hall–Kier alpha value is -2.14. The molecule has 0 amide bonds. The van der Waals surface area contributed by atoms with E-state index in [1.807, 2.05) is 39.0 Å². The van der Waals surface area contributed by atoms with Crippen LogP contribution >= 0.6 is 0 Å². The normalized spacial score (nSPS) is 12.3. The molecule has 0 bridgehead atoms. The number of benzene rings is 1. The maximum atomic E-state index is 12.3. The number of hydrogen-bond acceptors (Lipinski definition) is 4. The Kier molecular flexibility index (Phi) is 4.75. The number of aromatic hydroxyl groups is 1. The lowest BCUT2D eigenvalue weighted by molar-refractivity contribution is 0.0529. The van der Waals surface area contributed by atoms with E-state index in [9.17, 15) is 9.90 Å². The van der Waals surface area contributed by atoms with Gasteiger partial charge in [-0.25, -0.2) is 0 Å². The van der Waals surface area contributed by atoms with E-state index < -0.39 is 0 Å². The Bertz CT molecular complexity index is 679. The van der Waals surface area contributed by atoms with E-state index in [4.69, 9.17) is 4.74 Å². The van der Waals surface area contributed by atoms with Gasteiger partial charge >= 0.3 is 0 Å². The third kappa shape index (κ3) is 3.31. The predicted octanol–water partition coefficient (Wildman–Crippen LogP) is 2.94. The average Bonchev–Trinajstić information content (AvgIpc) is 2.44. The van der Waals surface area contributed by atoms with Crippen LogP contribution in [0.4, 0.5) is 0 Å². The molecule has 1 aromatic heterocycles. The topological polar surface area (TPSA) is 75.2 Å². The summed E-state index contributed by atoms with van der Waals surface area (Å²) in [5.74, 6) is 0.0933. The molecule has 0 aliphatic heterocycles. The third-order valence-corrected chi connectivity index (χ3v) is 3.27. The zero-order chi connectivity index (χ0) is 15.4. The first-order chi connectivity index (χ1) is 10.1. The van der Waals surface area contributed by atoms with Gasteiger partial charge in [-0.3, -0.25) is 4.79 Å². The maximum absolute atomic E-state index is 12.3. The lowest BCUT2D eigenvalue weighted by Crippen LogP contribution is -2.18. The molecule has 112 valence electrons. The molecule has 0 saturated carbocycles. The van der Waals surface area contributed by atoms with E-state index in [0.717, 1.165) is 5.56 Å². The Labute approximate surface area is 123 Å². The van der Waals surface area contributed by atoms with Crippen molar-refractivity contribution < 1.29 is 9.84 Å². The quantitative estimate of drug-likeness (QED) is 0.887. The molecule has 0 aliphatic carbocycles. The molecular weight excluding hydrogens is 268 g/mol. The van der Waals surface area contributed by atoms with Crippen LogP contribution in [-0.4, -0.2) is 21.7 Å². The Morgan fingerprint density at radius 1 is 1.38 bits per heavy atom. The highest BCUT2D eigenvalue weighted by Crippen LogP contribution is 2.26. The fraction of sp³-hybridized carbons (Fsp3) is 0.375. The van der Waals surface area contributed by atoms with E-state index in [1.165, 1.54) is 0 Å². The van der Waals surface area contributed by atoms with E-state index in [-0.39, 0.29) is 23.1 Å². The van der Waals surface area contributed by atoms with Crippen LogP contribution in [0.2, 0.25) is 0 Å². The molecule has 2 rings (SSSR count). The van der Waals surface area contributed by atoms with Gasteiger partial charge in [0, 0.05) is 6.61 Å². The van der Waals surface area contributed by atoms with E-state index in [0.29, 0.717) is 24.4 Å². The predicted molar refractivity (Wildman–Crippen MR) is 81.4 cm³/mol. The monoisotopic (exact) mass is 288 g/mol. The van der Waals surface area contributed by atoms with Gasteiger partial charge in [0.15, 0.2) is 0 Å². The summed E-state index contributed by atoms with van der Waals surface area (Å²) in [7, 11) is 0. The molecule has 0 fully saturated rings. The molecule has 1 aromatic carbocycles. The second-order valence-corrected chi connectivity index (χ2v) is 4.87.